The van der Waals surface area contributed by atoms with Gasteiger partial charge in [-0.1, -0.05) is 12.5 Å². The van der Waals surface area contributed by atoms with Crippen molar-refractivity contribution in [2.75, 3.05) is 5.32 Å². The zero-order chi connectivity index (χ0) is 14.0. The lowest BCUT2D eigenvalue weighted by molar-refractivity contribution is -0.182. The summed E-state index contributed by atoms with van der Waals surface area (Å²) in [5, 5.41) is 3.26. The molecule has 106 valence electrons. The monoisotopic (exact) mass is 271 g/mol. The molecule has 0 heterocycles. The molecule has 1 aromatic rings. The summed E-state index contributed by atoms with van der Waals surface area (Å²) >= 11 is 0. The molecular weight excluding hydrogens is 251 g/mol. The zero-order valence-corrected chi connectivity index (χ0v) is 11.3. The predicted octanol–water partition coefficient (Wildman–Crippen LogP) is 4.84. The van der Waals surface area contributed by atoms with Gasteiger partial charge in [-0.15, -0.1) is 0 Å². The number of hydrogen-bond donors (Lipinski definition) is 1. The summed E-state index contributed by atoms with van der Waals surface area (Å²) in [5.74, 6) is -1.15. The first-order valence-corrected chi connectivity index (χ1v) is 6.76. The van der Waals surface area contributed by atoms with Crippen molar-refractivity contribution < 1.29 is 13.2 Å². The van der Waals surface area contributed by atoms with Gasteiger partial charge in [0.2, 0.25) is 0 Å². The molecule has 0 radical (unpaired) electrons. The minimum atomic E-state index is -4.05. The average molecular weight is 271 g/mol. The first-order chi connectivity index (χ1) is 8.84. The van der Waals surface area contributed by atoms with Crippen LogP contribution in [0.2, 0.25) is 0 Å². The minimum absolute atomic E-state index is 0.0680. The molecule has 1 aliphatic rings. The van der Waals surface area contributed by atoms with Crippen LogP contribution in [0.5, 0.6) is 0 Å². The molecule has 19 heavy (non-hydrogen) atoms. The van der Waals surface area contributed by atoms with Gasteiger partial charge in [-0.3, -0.25) is 0 Å². The largest absolute Gasteiger partial charge is 0.391 e. The van der Waals surface area contributed by atoms with Crippen molar-refractivity contribution in [3.8, 4) is 0 Å². The molecule has 1 saturated carbocycles. The predicted molar refractivity (Wildman–Crippen MR) is 71.3 cm³/mol. The summed E-state index contributed by atoms with van der Waals surface area (Å²) in [6.07, 6.45) is -2.12. The maximum atomic E-state index is 12.8. The lowest BCUT2D eigenvalue weighted by Crippen LogP contribution is -2.34. The van der Waals surface area contributed by atoms with E-state index in [0.717, 1.165) is 23.2 Å². The van der Waals surface area contributed by atoms with Crippen molar-refractivity contribution in [2.45, 2.75) is 51.7 Å². The highest BCUT2D eigenvalue weighted by Crippen LogP contribution is 2.38. The molecule has 2 atom stereocenters. The van der Waals surface area contributed by atoms with Gasteiger partial charge in [0.15, 0.2) is 0 Å². The average Bonchev–Trinajstić information content (AvgIpc) is 2.26. The third-order valence-electron chi connectivity index (χ3n) is 3.73. The Morgan fingerprint density at radius 2 is 1.68 bits per heavy atom. The van der Waals surface area contributed by atoms with Crippen molar-refractivity contribution in [3.05, 3.63) is 29.3 Å². The van der Waals surface area contributed by atoms with Crippen LogP contribution in [0.25, 0.3) is 0 Å². The van der Waals surface area contributed by atoms with E-state index in [1.54, 1.807) is 0 Å². The molecule has 1 fully saturated rings. The molecule has 1 N–H and O–H groups in total. The highest BCUT2D eigenvalue weighted by Gasteiger charge is 2.42. The maximum absolute atomic E-state index is 12.8. The van der Waals surface area contributed by atoms with E-state index < -0.39 is 12.1 Å². The number of benzene rings is 1. The van der Waals surface area contributed by atoms with Gasteiger partial charge in [-0.05, 0) is 56.4 Å². The summed E-state index contributed by atoms with van der Waals surface area (Å²) in [6.45, 7) is 4.00. The minimum Gasteiger partial charge on any atom is -0.382 e. The van der Waals surface area contributed by atoms with Crippen molar-refractivity contribution in [1.82, 2.24) is 0 Å². The van der Waals surface area contributed by atoms with E-state index in [1.807, 2.05) is 26.0 Å². The highest BCUT2D eigenvalue weighted by atomic mass is 19.4. The quantitative estimate of drug-likeness (QED) is 0.811. The smallest absolute Gasteiger partial charge is 0.382 e. The Morgan fingerprint density at radius 1 is 1.05 bits per heavy atom. The van der Waals surface area contributed by atoms with Gasteiger partial charge in [0.25, 0.3) is 0 Å². The van der Waals surface area contributed by atoms with Crippen LogP contribution in [-0.2, 0) is 0 Å². The van der Waals surface area contributed by atoms with Crippen molar-refractivity contribution in [1.29, 1.82) is 0 Å². The number of hydrogen-bond acceptors (Lipinski definition) is 1. The van der Waals surface area contributed by atoms with E-state index in [0.29, 0.717) is 6.42 Å². The van der Waals surface area contributed by atoms with Crippen molar-refractivity contribution in [2.24, 2.45) is 5.92 Å². The van der Waals surface area contributed by atoms with Gasteiger partial charge >= 0.3 is 6.18 Å². The molecule has 1 aromatic carbocycles. The Morgan fingerprint density at radius 3 is 2.26 bits per heavy atom. The molecule has 0 spiro atoms. The van der Waals surface area contributed by atoms with Gasteiger partial charge in [0, 0.05) is 11.7 Å². The van der Waals surface area contributed by atoms with Crippen LogP contribution in [0, 0.1) is 19.8 Å². The first-order valence-electron chi connectivity index (χ1n) is 6.76. The second-order valence-corrected chi connectivity index (χ2v) is 5.62. The second kappa shape index (κ2) is 5.43. The fraction of sp³-hybridized carbons (Fsp3) is 0.600. The Hall–Kier alpha value is -1.19. The number of anilines is 1. The van der Waals surface area contributed by atoms with E-state index in [1.165, 1.54) is 0 Å². The Balaban J connectivity index is 2.02. The fourth-order valence-electron chi connectivity index (χ4n) is 2.91. The zero-order valence-electron chi connectivity index (χ0n) is 11.3. The maximum Gasteiger partial charge on any atom is 0.391 e. The molecule has 4 heteroatoms. The van der Waals surface area contributed by atoms with Crippen LogP contribution in [-0.4, -0.2) is 12.2 Å². The van der Waals surface area contributed by atoms with Crippen LogP contribution in [0.4, 0.5) is 18.9 Å². The SMILES string of the molecule is Cc1cc(C)cc(NC2CCCC(C(F)(F)F)C2)c1. The lowest BCUT2D eigenvalue weighted by Gasteiger charge is -2.31. The normalized spacial score (nSPS) is 24.3. The van der Waals surface area contributed by atoms with Gasteiger partial charge < -0.3 is 5.32 Å². The number of rotatable bonds is 2. The van der Waals surface area contributed by atoms with Crippen LogP contribution in [0.1, 0.15) is 36.8 Å². The summed E-state index contributed by atoms with van der Waals surface area (Å²) < 4.78 is 38.3. The van der Waals surface area contributed by atoms with Crippen LogP contribution < -0.4 is 5.32 Å². The van der Waals surface area contributed by atoms with Crippen LogP contribution in [0.3, 0.4) is 0 Å². The number of halogens is 3. The number of aryl methyl sites for hydroxylation is 2. The van der Waals surface area contributed by atoms with E-state index in [4.69, 9.17) is 0 Å². The molecule has 0 amide bonds. The highest BCUT2D eigenvalue weighted by molar-refractivity contribution is 5.49. The molecular formula is C15H20F3N. The van der Waals surface area contributed by atoms with Crippen molar-refractivity contribution in [3.63, 3.8) is 0 Å². The van der Waals surface area contributed by atoms with E-state index in [-0.39, 0.29) is 18.9 Å². The third kappa shape index (κ3) is 3.88. The number of nitrogens with one attached hydrogen (secondary N) is 1. The van der Waals surface area contributed by atoms with E-state index in [9.17, 15) is 13.2 Å². The van der Waals surface area contributed by atoms with Crippen molar-refractivity contribution >= 4 is 5.69 Å². The molecule has 0 aromatic heterocycles. The van der Waals surface area contributed by atoms with Gasteiger partial charge in [0.05, 0.1) is 5.92 Å². The molecule has 1 aliphatic carbocycles. The topological polar surface area (TPSA) is 12.0 Å². The summed E-state index contributed by atoms with van der Waals surface area (Å²) in [4.78, 5) is 0. The molecule has 2 rings (SSSR count). The summed E-state index contributed by atoms with van der Waals surface area (Å²) in [5.41, 5.74) is 3.20. The van der Waals surface area contributed by atoms with E-state index >= 15 is 0 Å². The lowest BCUT2D eigenvalue weighted by atomic mass is 9.85. The van der Waals surface area contributed by atoms with E-state index in [2.05, 4.69) is 11.4 Å². The third-order valence-corrected chi connectivity index (χ3v) is 3.73. The first kappa shape index (κ1) is 14.2. The standard InChI is InChI=1S/C15H20F3N/c1-10-6-11(2)8-14(7-10)19-13-5-3-4-12(9-13)15(16,17)18/h6-8,12-13,19H,3-5,9H2,1-2H3. The summed E-state index contributed by atoms with van der Waals surface area (Å²) in [7, 11) is 0. The molecule has 0 aliphatic heterocycles. The Kier molecular flexibility index (Phi) is 4.07. The van der Waals surface area contributed by atoms with Gasteiger partial charge in [-0.25, -0.2) is 0 Å². The van der Waals surface area contributed by atoms with Crippen LogP contribution >= 0.6 is 0 Å². The summed E-state index contributed by atoms with van der Waals surface area (Å²) in [6, 6.07) is 5.97. The second-order valence-electron chi connectivity index (χ2n) is 5.62. The molecule has 0 bridgehead atoms. The molecule has 1 nitrogen and oxygen atoms in total. The fourth-order valence-corrected chi connectivity index (χ4v) is 2.91. The Bertz CT molecular complexity index is 419. The number of alkyl halides is 3. The van der Waals surface area contributed by atoms with Gasteiger partial charge in [-0.2, -0.15) is 13.2 Å². The Labute approximate surface area is 112 Å². The van der Waals surface area contributed by atoms with Gasteiger partial charge in [0.1, 0.15) is 0 Å². The molecule has 0 saturated heterocycles. The molecule has 2 unspecified atom stereocenters. The van der Waals surface area contributed by atoms with Crippen LogP contribution in [0.15, 0.2) is 18.2 Å².